The first-order chi connectivity index (χ1) is 12.5. The van der Waals surface area contributed by atoms with Crippen LogP contribution in [0.2, 0.25) is 0 Å². The van der Waals surface area contributed by atoms with Gasteiger partial charge in [-0.1, -0.05) is 28.1 Å². The van der Waals surface area contributed by atoms with E-state index in [4.69, 9.17) is 9.15 Å². The molecule has 3 aromatic rings. The van der Waals surface area contributed by atoms with Crippen LogP contribution in [0.3, 0.4) is 0 Å². The van der Waals surface area contributed by atoms with Crippen LogP contribution in [0, 0.1) is 10.1 Å². The van der Waals surface area contributed by atoms with E-state index in [1.54, 1.807) is 12.1 Å². The van der Waals surface area contributed by atoms with Crippen LogP contribution in [-0.4, -0.2) is 17.9 Å². The molecule has 0 unspecified atom stereocenters. The maximum absolute atomic E-state index is 12.3. The highest BCUT2D eigenvalue weighted by Gasteiger charge is 2.18. The molecule has 3 rings (SSSR count). The van der Waals surface area contributed by atoms with Gasteiger partial charge in [-0.3, -0.25) is 14.9 Å². The molecule has 0 saturated heterocycles. The van der Waals surface area contributed by atoms with Gasteiger partial charge >= 0.3 is 5.69 Å². The van der Waals surface area contributed by atoms with Crippen molar-refractivity contribution in [1.82, 2.24) is 0 Å². The number of ether oxygens (including phenoxy) is 1. The SMILES string of the molecule is COc1ccc(NC(=O)c2ccc(-c3ccc(Br)cc3)o2)cc1[N+](=O)[O-]. The van der Waals surface area contributed by atoms with Crippen molar-refractivity contribution in [3.63, 3.8) is 0 Å². The lowest BCUT2D eigenvalue weighted by Gasteiger charge is -2.06. The number of nitro benzene ring substituents is 1. The molecular formula is C18H13BrN2O5. The fourth-order valence-corrected chi connectivity index (χ4v) is 2.60. The molecule has 2 aromatic carbocycles. The van der Waals surface area contributed by atoms with Crippen LogP contribution in [0.1, 0.15) is 10.6 Å². The fraction of sp³-hybridized carbons (Fsp3) is 0.0556. The Balaban J connectivity index is 1.79. The molecule has 0 atom stereocenters. The molecule has 26 heavy (non-hydrogen) atoms. The lowest BCUT2D eigenvalue weighted by atomic mass is 10.2. The van der Waals surface area contributed by atoms with Gasteiger partial charge in [0.25, 0.3) is 5.91 Å². The Kier molecular flexibility index (Phi) is 5.04. The number of halogens is 1. The minimum atomic E-state index is -0.576. The molecule has 1 amide bonds. The number of anilines is 1. The van der Waals surface area contributed by atoms with Crippen molar-refractivity contribution < 1.29 is 18.9 Å². The number of furan rings is 1. The number of carbonyl (C=O) groups is 1. The van der Waals surface area contributed by atoms with Crippen molar-refractivity contribution in [3.05, 3.63) is 74.9 Å². The summed E-state index contributed by atoms with van der Waals surface area (Å²) in [5.41, 5.74) is 0.858. The quantitative estimate of drug-likeness (QED) is 0.472. The Bertz CT molecular complexity index is 966. The number of rotatable bonds is 5. The second kappa shape index (κ2) is 7.40. The Morgan fingerprint density at radius 2 is 1.88 bits per heavy atom. The van der Waals surface area contributed by atoms with E-state index in [0.29, 0.717) is 5.76 Å². The van der Waals surface area contributed by atoms with Gasteiger partial charge in [-0.05, 0) is 36.4 Å². The van der Waals surface area contributed by atoms with Crippen molar-refractivity contribution >= 4 is 33.2 Å². The fourth-order valence-electron chi connectivity index (χ4n) is 2.33. The summed E-state index contributed by atoms with van der Waals surface area (Å²) in [4.78, 5) is 22.8. The summed E-state index contributed by atoms with van der Waals surface area (Å²) in [6, 6.07) is 14.9. The number of nitrogens with one attached hydrogen (secondary N) is 1. The van der Waals surface area contributed by atoms with Crippen LogP contribution in [-0.2, 0) is 0 Å². The van der Waals surface area contributed by atoms with E-state index in [2.05, 4.69) is 21.2 Å². The Hall–Kier alpha value is -3.13. The lowest BCUT2D eigenvalue weighted by Crippen LogP contribution is -2.11. The number of hydrogen-bond acceptors (Lipinski definition) is 5. The molecule has 1 N–H and O–H groups in total. The number of nitro groups is 1. The van der Waals surface area contributed by atoms with Crippen molar-refractivity contribution in [2.45, 2.75) is 0 Å². The summed E-state index contributed by atoms with van der Waals surface area (Å²) in [6.45, 7) is 0. The summed E-state index contributed by atoms with van der Waals surface area (Å²) < 4.78 is 11.5. The molecule has 0 spiro atoms. The predicted octanol–water partition coefficient (Wildman–Crippen LogP) is 4.88. The summed E-state index contributed by atoms with van der Waals surface area (Å²) in [6.07, 6.45) is 0. The molecule has 132 valence electrons. The van der Waals surface area contributed by atoms with E-state index < -0.39 is 10.8 Å². The zero-order chi connectivity index (χ0) is 18.7. The molecule has 1 heterocycles. The van der Waals surface area contributed by atoms with Gasteiger partial charge in [0.1, 0.15) is 5.76 Å². The number of nitrogens with zero attached hydrogens (tertiary/aromatic N) is 1. The highest BCUT2D eigenvalue weighted by molar-refractivity contribution is 9.10. The Morgan fingerprint density at radius 1 is 1.15 bits per heavy atom. The van der Waals surface area contributed by atoms with Gasteiger partial charge in [0.15, 0.2) is 11.5 Å². The maximum atomic E-state index is 12.3. The molecule has 0 aliphatic heterocycles. The standard InChI is InChI=1S/C18H13BrN2O5/c1-25-16-7-6-13(10-14(16)21(23)24)20-18(22)17-9-8-15(26-17)11-2-4-12(19)5-3-11/h2-10H,1H3,(H,20,22). The first-order valence-electron chi connectivity index (χ1n) is 7.47. The Morgan fingerprint density at radius 3 is 2.54 bits per heavy atom. The van der Waals surface area contributed by atoms with Gasteiger partial charge in [-0.15, -0.1) is 0 Å². The van der Waals surface area contributed by atoms with E-state index >= 15 is 0 Å². The first-order valence-corrected chi connectivity index (χ1v) is 8.27. The van der Waals surface area contributed by atoms with E-state index in [1.165, 1.54) is 25.3 Å². The maximum Gasteiger partial charge on any atom is 0.312 e. The topological polar surface area (TPSA) is 94.6 Å². The van der Waals surface area contributed by atoms with Gasteiger partial charge in [-0.25, -0.2) is 0 Å². The monoisotopic (exact) mass is 416 g/mol. The normalized spacial score (nSPS) is 10.4. The second-order valence-electron chi connectivity index (χ2n) is 5.27. The highest BCUT2D eigenvalue weighted by atomic mass is 79.9. The summed E-state index contributed by atoms with van der Waals surface area (Å²) in [7, 11) is 1.34. The van der Waals surface area contributed by atoms with Crippen LogP contribution in [0.25, 0.3) is 11.3 Å². The summed E-state index contributed by atoms with van der Waals surface area (Å²) >= 11 is 3.36. The van der Waals surface area contributed by atoms with E-state index in [-0.39, 0.29) is 22.9 Å². The van der Waals surface area contributed by atoms with Crippen molar-refractivity contribution in [1.29, 1.82) is 0 Å². The molecule has 0 aliphatic carbocycles. The number of carbonyl (C=O) groups excluding carboxylic acids is 1. The third-order valence-electron chi connectivity index (χ3n) is 3.59. The molecular weight excluding hydrogens is 404 g/mol. The second-order valence-corrected chi connectivity index (χ2v) is 6.18. The molecule has 1 aromatic heterocycles. The molecule has 7 nitrogen and oxygen atoms in total. The molecule has 0 bridgehead atoms. The van der Waals surface area contributed by atoms with Crippen LogP contribution >= 0.6 is 15.9 Å². The summed E-state index contributed by atoms with van der Waals surface area (Å²) in [5.74, 6) is 0.251. The van der Waals surface area contributed by atoms with Crippen molar-refractivity contribution in [2.75, 3.05) is 12.4 Å². The lowest BCUT2D eigenvalue weighted by molar-refractivity contribution is -0.385. The van der Waals surface area contributed by atoms with Gasteiger partial charge in [0.2, 0.25) is 0 Å². The zero-order valence-corrected chi connectivity index (χ0v) is 15.1. The summed E-state index contributed by atoms with van der Waals surface area (Å²) in [5, 5.41) is 13.6. The highest BCUT2D eigenvalue weighted by Crippen LogP contribution is 2.30. The Labute approximate surface area is 156 Å². The largest absolute Gasteiger partial charge is 0.490 e. The van der Waals surface area contributed by atoms with E-state index in [0.717, 1.165) is 10.0 Å². The smallest absolute Gasteiger partial charge is 0.312 e. The minimum absolute atomic E-state index is 0.0985. The molecule has 0 radical (unpaired) electrons. The predicted molar refractivity (Wildman–Crippen MR) is 99.4 cm³/mol. The van der Waals surface area contributed by atoms with Gasteiger partial charge < -0.3 is 14.5 Å². The van der Waals surface area contributed by atoms with E-state index in [1.807, 2.05) is 24.3 Å². The minimum Gasteiger partial charge on any atom is -0.490 e. The number of amides is 1. The van der Waals surface area contributed by atoms with Crippen LogP contribution in [0.5, 0.6) is 5.75 Å². The average molecular weight is 417 g/mol. The average Bonchev–Trinajstić information content (AvgIpc) is 3.12. The van der Waals surface area contributed by atoms with Gasteiger partial charge in [-0.2, -0.15) is 0 Å². The van der Waals surface area contributed by atoms with Crippen molar-refractivity contribution in [2.24, 2.45) is 0 Å². The van der Waals surface area contributed by atoms with Crippen LogP contribution in [0.15, 0.2) is 63.5 Å². The first kappa shape index (κ1) is 17.7. The molecule has 0 aliphatic rings. The van der Waals surface area contributed by atoms with E-state index in [9.17, 15) is 14.9 Å². The van der Waals surface area contributed by atoms with Crippen LogP contribution < -0.4 is 10.1 Å². The third-order valence-corrected chi connectivity index (χ3v) is 4.12. The zero-order valence-electron chi connectivity index (χ0n) is 13.6. The number of methoxy groups -OCH3 is 1. The van der Waals surface area contributed by atoms with Gasteiger partial charge in [0, 0.05) is 21.8 Å². The van der Waals surface area contributed by atoms with Crippen molar-refractivity contribution in [3.8, 4) is 17.1 Å². The van der Waals surface area contributed by atoms with Crippen LogP contribution in [0.4, 0.5) is 11.4 Å². The third kappa shape index (κ3) is 3.75. The number of hydrogen-bond donors (Lipinski definition) is 1. The molecule has 0 saturated carbocycles. The molecule has 8 heteroatoms. The molecule has 0 fully saturated rings. The number of benzene rings is 2. The van der Waals surface area contributed by atoms with Gasteiger partial charge in [0.05, 0.1) is 12.0 Å².